The minimum absolute atomic E-state index is 0.133. The first kappa shape index (κ1) is 36.5. The Labute approximate surface area is 306 Å². The fourth-order valence-corrected chi connectivity index (χ4v) is 8.09. The zero-order chi connectivity index (χ0) is 35.8. The molecule has 3 aliphatic rings. The number of carbonyl (C=O) groups excluding carboxylic acids is 1. The van der Waals surface area contributed by atoms with Crippen LogP contribution in [0.3, 0.4) is 0 Å². The number of hydrogen-bond donors (Lipinski definition) is 1. The standard InChI is InChI=1S/C39H50Cl2N6O3/c1-7-50-34-32(23-42-35(43-34)37(2,3)4)33-44-38(5,27-10-14-29(40)15-11-27)39(6,28-12-16-30(41)17-13-28)47(33)36(49)45-21-18-31(19-22-45)46-20-8-9-26(24-46)25-48/h10-17,23,26,31,48H,7-9,18-22,24-25H2,1-6H3/t26?,38-,39+/m0/s1. The molecular weight excluding hydrogens is 671 g/mol. The van der Waals surface area contributed by atoms with E-state index in [1.54, 1.807) is 6.20 Å². The quantitative estimate of drug-likeness (QED) is 0.269. The summed E-state index contributed by atoms with van der Waals surface area (Å²) in [6, 6.07) is 15.6. The van der Waals surface area contributed by atoms with Crippen molar-refractivity contribution in [2.45, 2.75) is 89.8 Å². The van der Waals surface area contributed by atoms with Crippen LogP contribution in [-0.4, -0.2) is 87.1 Å². The molecule has 1 N–H and O–H groups in total. The molecule has 2 fully saturated rings. The molecule has 0 bridgehead atoms. The molecule has 11 heteroatoms. The summed E-state index contributed by atoms with van der Waals surface area (Å²) < 4.78 is 6.20. The van der Waals surface area contributed by atoms with E-state index in [-0.39, 0.29) is 18.1 Å². The molecule has 1 aromatic heterocycles. The van der Waals surface area contributed by atoms with Gasteiger partial charge in [-0.2, -0.15) is 4.98 Å². The summed E-state index contributed by atoms with van der Waals surface area (Å²) in [4.78, 5) is 36.8. The van der Waals surface area contributed by atoms with Gasteiger partial charge in [0.2, 0.25) is 5.88 Å². The molecule has 9 nitrogen and oxygen atoms in total. The molecule has 3 atom stereocenters. The third-order valence-electron chi connectivity index (χ3n) is 10.9. The van der Waals surface area contributed by atoms with E-state index in [0.717, 1.165) is 49.9 Å². The zero-order valence-corrected chi connectivity index (χ0v) is 31.6. The largest absolute Gasteiger partial charge is 0.477 e. The van der Waals surface area contributed by atoms with Gasteiger partial charge in [-0.3, -0.25) is 14.8 Å². The number of benzene rings is 2. The maximum absolute atomic E-state index is 15.3. The molecule has 0 saturated carbocycles. The Hall–Kier alpha value is -3.24. The van der Waals surface area contributed by atoms with Gasteiger partial charge in [0, 0.05) is 53.9 Å². The van der Waals surface area contributed by atoms with Crippen molar-refractivity contribution in [3.63, 3.8) is 0 Å². The number of hydrogen-bond acceptors (Lipinski definition) is 7. The predicted octanol–water partition coefficient (Wildman–Crippen LogP) is 7.66. The second-order valence-electron chi connectivity index (χ2n) is 15.2. The minimum atomic E-state index is -1.01. The Bertz CT molecular complexity index is 1700. The summed E-state index contributed by atoms with van der Waals surface area (Å²) in [5.74, 6) is 1.82. The van der Waals surface area contributed by atoms with Gasteiger partial charge >= 0.3 is 6.03 Å². The average Bonchev–Trinajstić information content (AvgIpc) is 3.36. The van der Waals surface area contributed by atoms with Crippen molar-refractivity contribution < 1.29 is 14.6 Å². The first-order chi connectivity index (χ1) is 23.8. The van der Waals surface area contributed by atoms with E-state index in [0.29, 0.717) is 64.8 Å². The van der Waals surface area contributed by atoms with E-state index < -0.39 is 11.1 Å². The molecule has 0 spiro atoms. The maximum Gasteiger partial charge on any atom is 0.326 e. The Morgan fingerprint density at radius 3 is 2.16 bits per heavy atom. The first-order valence-corrected chi connectivity index (χ1v) is 18.6. The van der Waals surface area contributed by atoms with Crippen LogP contribution in [0.1, 0.15) is 89.7 Å². The number of aliphatic hydroxyl groups excluding tert-OH is 1. The number of amides is 2. The summed E-state index contributed by atoms with van der Waals surface area (Å²) in [7, 11) is 0. The van der Waals surface area contributed by atoms with Crippen LogP contribution in [0.4, 0.5) is 4.79 Å². The fourth-order valence-electron chi connectivity index (χ4n) is 7.84. The number of halogens is 2. The third-order valence-corrected chi connectivity index (χ3v) is 11.5. The van der Waals surface area contributed by atoms with Crippen LogP contribution in [0, 0.1) is 5.92 Å². The van der Waals surface area contributed by atoms with E-state index in [1.165, 1.54) is 0 Å². The second-order valence-corrected chi connectivity index (χ2v) is 16.1. The molecule has 268 valence electrons. The highest BCUT2D eigenvalue weighted by Gasteiger charge is 2.60. The lowest BCUT2D eigenvalue weighted by Crippen LogP contribution is -2.60. The minimum Gasteiger partial charge on any atom is -0.477 e. The van der Waals surface area contributed by atoms with E-state index in [9.17, 15) is 5.11 Å². The van der Waals surface area contributed by atoms with E-state index in [4.69, 9.17) is 42.9 Å². The molecule has 6 rings (SSSR count). The molecule has 0 aliphatic carbocycles. The lowest BCUT2D eigenvalue weighted by molar-refractivity contribution is 0.0516. The number of likely N-dealkylation sites (tertiary alicyclic amines) is 2. The number of piperidine rings is 2. The average molecular weight is 722 g/mol. The van der Waals surface area contributed by atoms with Crippen LogP contribution in [0.2, 0.25) is 10.0 Å². The lowest BCUT2D eigenvalue weighted by atomic mass is 9.71. The smallest absolute Gasteiger partial charge is 0.326 e. The van der Waals surface area contributed by atoms with Crippen LogP contribution in [0.5, 0.6) is 5.88 Å². The third kappa shape index (κ3) is 6.74. The van der Waals surface area contributed by atoms with Crippen LogP contribution < -0.4 is 4.74 Å². The number of nitrogens with zero attached hydrogens (tertiary/aromatic N) is 6. The highest BCUT2D eigenvalue weighted by molar-refractivity contribution is 6.30. The van der Waals surface area contributed by atoms with Crippen LogP contribution in [-0.2, 0) is 16.5 Å². The Morgan fingerprint density at radius 2 is 1.58 bits per heavy atom. The van der Waals surface area contributed by atoms with Gasteiger partial charge < -0.3 is 14.7 Å². The van der Waals surface area contributed by atoms with Crippen molar-refractivity contribution in [3.05, 3.63) is 87.3 Å². The summed E-state index contributed by atoms with van der Waals surface area (Å²) in [6.45, 7) is 16.1. The van der Waals surface area contributed by atoms with Gasteiger partial charge in [0.15, 0.2) is 0 Å². The Balaban J connectivity index is 1.47. The molecule has 1 unspecified atom stereocenters. The summed E-state index contributed by atoms with van der Waals surface area (Å²) in [5.41, 5.74) is 0.0535. The van der Waals surface area contributed by atoms with Gasteiger partial charge in [-0.05, 0) is 94.3 Å². The number of aliphatic imine (C=N–C) groups is 1. The van der Waals surface area contributed by atoms with Crippen molar-refractivity contribution in [1.29, 1.82) is 0 Å². The van der Waals surface area contributed by atoms with Crippen LogP contribution in [0.15, 0.2) is 59.7 Å². The van der Waals surface area contributed by atoms with Crippen molar-refractivity contribution >= 4 is 35.1 Å². The van der Waals surface area contributed by atoms with Gasteiger partial charge in [-0.1, -0.05) is 68.2 Å². The molecule has 2 saturated heterocycles. The highest BCUT2D eigenvalue weighted by atomic mass is 35.5. The normalized spacial score (nSPS) is 25.1. The monoisotopic (exact) mass is 720 g/mol. The van der Waals surface area contributed by atoms with E-state index in [1.807, 2.05) is 65.3 Å². The zero-order valence-electron chi connectivity index (χ0n) is 30.1. The Kier molecular flexibility index (Phi) is 10.5. The number of aromatic nitrogens is 2. The van der Waals surface area contributed by atoms with Gasteiger partial charge in [0.05, 0.1) is 12.2 Å². The summed E-state index contributed by atoms with van der Waals surface area (Å²) in [5, 5.41) is 11.1. The molecule has 3 aliphatic heterocycles. The van der Waals surface area contributed by atoms with Crippen molar-refractivity contribution in [3.8, 4) is 5.88 Å². The maximum atomic E-state index is 15.3. The fraction of sp³-hybridized carbons (Fsp3) is 0.538. The molecule has 0 radical (unpaired) electrons. The van der Waals surface area contributed by atoms with Crippen LogP contribution >= 0.6 is 23.2 Å². The number of carbonyl (C=O) groups is 1. The Morgan fingerprint density at radius 1 is 0.960 bits per heavy atom. The van der Waals surface area contributed by atoms with Gasteiger partial charge in [0.1, 0.15) is 22.7 Å². The van der Waals surface area contributed by atoms with Crippen LogP contribution in [0.25, 0.3) is 0 Å². The van der Waals surface area contributed by atoms with Gasteiger partial charge in [0.25, 0.3) is 0 Å². The molecule has 50 heavy (non-hydrogen) atoms. The molecule has 2 aromatic carbocycles. The predicted molar refractivity (Wildman–Crippen MR) is 199 cm³/mol. The van der Waals surface area contributed by atoms with Crippen molar-refractivity contribution in [2.75, 3.05) is 39.4 Å². The highest BCUT2D eigenvalue weighted by Crippen LogP contribution is 2.54. The number of urea groups is 1. The van der Waals surface area contributed by atoms with E-state index in [2.05, 4.69) is 39.5 Å². The summed E-state index contributed by atoms with van der Waals surface area (Å²) >= 11 is 12.8. The SMILES string of the molecule is CCOc1nc(C(C)(C)C)ncc1C1=N[C@@](C)(c2ccc(Cl)cc2)[C@@](C)(c2ccc(Cl)cc2)N1C(=O)N1CCC(N2CCCC(CO)C2)CC1. The van der Waals surface area contributed by atoms with Gasteiger partial charge in [-0.15, -0.1) is 0 Å². The number of ether oxygens (including phenoxy) is 1. The number of aliphatic hydroxyl groups is 1. The molecule has 4 heterocycles. The second kappa shape index (κ2) is 14.4. The van der Waals surface area contributed by atoms with Crippen molar-refractivity contribution in [2.24, 2.45) is 10.9 Å². The topological polar surface area (TPSA) is 94.4 Å². The van der Waals surface area contributed by atoms with Crippen molar-refractivity contribution in [1.82, 2.24) is 24.7 Å². The molecular formula is C39H50Cl2N6O3. The first-order valence-electron chi connectivity index (χ1n) is 17.9. The molecule has 3 aromatic rings. The van der Waals surface area contributed by atoms with E-state index >= 15 is 4.79 Å². The number of amidine groups is 1. The molecule has 2 amide bonds. The lowest BCUT2D eigenvalue weighted by Gasteiger charge is -2.48. The summed E-state index contributed by atoms with van der Waals surface area (Å²) in [6.07, 6.45) is 5.65. The van der Waals surface area contributed by atoms with Gasteiger partial charge in [-0.25, -0.2) is 9.78 Å². The number of rotatable bonds is 7.